The molecular weight excluding hydrogens is 347 g/mol. The van der Waals surface area contributed by atoms with Gasteiger partial charge < -0.3 is 4.90 Å². The highest BCUT2D eigenvalue weighted by molar-refractivity contribution is 7.10. The van der Waals surface area contributed by atoms with Crippen LogP contribution in [0.2, 0.25) is 0 Å². The molecule has 1 aromatic heterocycles. The van der Waals surface area contributed by atoms with Gasteiger partial charge in [-0.15, -0.1) is 11.3 Å². The number of rotatable bonds is 3. The Bertz CT molecular complexity index is 754. The van der Waals surface area contributed by atoms with Gasteiger partial charge in [0.25, 0.3) is 0 Å². The van der Waals surface area contributed by atoms with Gasteiger partial charge in [0.15, 0.2) is 0 Å². The first kappa shape index (κ1) is 16.6. The molecule has 1 aliphatic heterocycles. The summed E-state index contributed by atoms with van der Waals surface area (Å²) in [7, 11) is 0. The lowest BCUT2D eigenvalue weighted by Gasteiger charge is -2.24. The number of hydrogen-bond donors (Lipinski definition) is 0. The first-order chi connectivity index (χ1) is 11.9. The van der Waals surface area contributed by atoms with Crippen molar-refractivity contribution in [2.24, 2.45) is 5.92 Å². The average molecular weight is 365 g/mol. The van der Waals surface area contributed by atoms with E-state index in [0.717, 1.165) is 43.5 Å². The Morgan fingerprint density at radius 2 is 1.92 bits per heavy atom. The molecule has 2 nitrogen and oxygen atoms in total. The van der Waals surface area contributed by atoms with Crippen LogP contribution in [-0.4, -0.2) is 17.4 Å². The Kier molecular flexibility index (Phi) is 4.10. The lowest BCUT2D eigenvalue weighted by atomic mass is 10.1. The molecule has 3 atom stereocenters. The van der Waals surface area contributed by atoms with Crippen molar-refractivity contribution in [2.75, 3.05) is 6.54 Å². The van der Waals surface area contributed by atoms with Gasteiger partial charge >= 0.3 is 6.18 Å². The van der Waals surface area contributed by atoms with Crippen LogP contribution in [0.4, 0.5) is 13.2 Å². The van der Waals surface area contributed by atoms with Crippen LogP contribution in [-0.2, 0) is 11.0 Å². The Balaban J connectivity index is 1.45. The van der Waals surface area contributed by atoms with E-state index in [1.165, 1.54) is 17.0 Å². The molecule has 1 saturated heterocycles. The Hall–Kier alpha value is -1.82. The van der Waals surface area contributed by atoms with E-state index in [1.54, 1.807) is 11.3 Å². The fraction of sp³-hybridized carbons (Fsp3) is 0.421. The van der Waals surface area contributed by atoms with Crippen molar-refractivity contribution in [3.63, 3.8) is 0 Å². The van der Waals surface area contributed by atoms with Crippen LogP contribution in [0.25, 0.3) is 0 Å². The zero-order valence-corrected chi connectivity index (χ0v) is 14.3. The largest absolute Gasteiger partial charge is 0.416 e. The quantitative estimate of drug-likeness (QED) is 0.729. The zero-order valence-electron chi connectivity index (χ0n) is 13.5. The fourth-order valence-electron chi connectivity index (χ4n) is 3.78. The zero-order chi connectivity index (χ0) is 17.6. The van der Waals surface area contributed by atoms with Crippen LogP contribution in [0.5, 0.6) is 0 Å². The van der Waals surface area contributed by atoms with E-state index in [0.29, 0.717) is 0 Å². The lowest BCUT2D eigenvalue weighted by Crippen LogP contribution is -2.31. The van der Waals surface area contributed by atoms with Crippen molar-refractivity contribution in [3.05, 3.63) is 57.8 Å². The van der Waals surface area contributed by atoms with Gasteiger partial charge in [0.05, 0.1) is 11.6 Å². The third kappa shape index (κ3) is 3.19. The smallest absolute Gasteiger partial charge is 0.335 e. The number of thiophene rings is 1. The number of carbonyl (C=O) groups excluding carboxylic acids is 1. The minimum atomic E-state index is -4.32. The maximum absolute atomic E-state index is 12.9. The van der Waals surface area contributed by atoms with Crippen molar-refractivity contribution in [2.45, 2.75) is 37.4 Å². The molecule has 1 aromatic carbocycles. The van der Waals surface area contributed by atoms with Gasteiger partial charge in [-0.2, -0.15) is 13.2 Å². The number of hydrogen-bond acceptors (Lipinski definition) is 2. The van der Waals surface area contributed by atoms with Crippen molar-refractivity contribution >= 4 is 17.2 Å². The lowest BCUT2D eigenvalue weighted by molar-refractivity contribution is -0.137. The number of alkyl halides is 3. The van der Waals surface area contributed by atoms with E-state index in [9.17, 15) is 18.0 Å². The molecule has 1 amide bonds. The molecule has 4 rings (SSSR count). The first-order valence-corrected chi connectivity index (χ1v) is 9.34. The molecule has 0 radical (unpaired) electrons. The predicted molar refractivity (Wildman–Crippen MR) is 90.3 cm³/mol. The van der Waals surface area contributed by atoms with Crippen LogP contribution >= 0.6 is 11.3 Å². The number of benzene rings is 1. The maximum Gasteiger partial charge on any atom is 0.416 e. The van der Waals surface area contributed by atoms with Gasteiger partial charge in [0.2, 0.25) is 5.91 Å². The standard InChI is InChI=1S/C19H18F3NOS/c20-19(21,22)13-7-5-12(6-8-13)14-11-15(14)18(24)23-9-1-3-16(23)17-4-2-10-25-17/h2,4-8,10,14-16H,1,3,9,11H2. The highest BCUT2D eigenvalue weighted by Crippen LogP contribution is 2.50. The van der Waals surface area contributed by atoms with E-state index in [1.807, 2.05) is 16.3 Å². The monoisotopic (exact) mass is 365 g/mol. The summed E-state index contributed by atoms with van der Waals surface area (Å²) < 4.78 is 38.0. The minimum absolute atomic E-state index is 0.0550. The molecule has 132 valence electrons. The van der Waals surface area contributed by atoms with Crippen molar-refractivity contribution in [1.82, 2.24) is 4.90 Å². The van der Waals surface area contributed by atoms with Gasteiger partial charge in [-0.05, 0) is 54.3 Å². The van der Waals surface area contributed by atoms with Crippen LogP contribution in [0, 0.1) is 5.92 Å². The van der Waals surface area contributed by atoms with Gasteiger partial charge in [-0.1, -0.05) is 18.2 Å². The summed E-state index contributed by atoms with van der Waals surface area (Å²) >= 11 is 1.67. The van der Waals surface area contributed by atoms with Gasteiger partial charge in [0.1, 0.15) is 0 Å². The first-order valence-electron chi connectivity index (χ1n) is 8.46. The second-order valence-corrected chi connectivity index (χ2v) is 7.75. The van der Waals surface area contributed by atoms with Crippen LogP contribution in [0.1, 0.15) is 47.2 Å². The summed E-state index contributed by atoms with van der Waals surface area (Å²) in [5.74, 6) is 0.123. The summed E-state index contributed by atoms with van der Waals surface area (Å²) in [6, 6.07) is 9.49. The second kappa shape index (κ2) is 6.16. The molecular formula is C19H18F3NOS. The van der Waals surface area contributed by atoms with Gasteiger partial charge in [0, 0.05) is 17.3 Å². The summed E-state index contributed by atoms with van der Waals surface area (Å²) in [5.41, 5.74) is 0.190. The summed E-state index contributed by atoms with van der Waals surface area (Å²) in [4.78, 5) is 16.1. The third-order valence-electron chi connectivity index (χ3n) is 5.18. The molecule has 2 aromatic rings. The Morgan fingerprint density at radius 3 is 2.56 bits per heavy atom. The molecule has 1 aliphatic carbocycles. The SMILES string of the molecule is O=C(C1CC1c1ccc(C(F)(F)F)cc1)N1CCCC1c1cccs1. The van der Waals surface area contributed by atoms with Gasteiger partial charge in [-0.3, -0.25) is 4.79 Å². The summed E-state index contributed by atoms with van der Waals surface area (Å²) in [5, 5.41) is 2.03. The van der Waals surface area contributed by atoms with E-state index in [4.69, 9.17) is 0 Å². The highest BCUT2D eigenvalue weighted by atomic mass is 32.1. The normalized spacial score (nSPS) is 26.0. The molecule has 3 unspecified atom stereocenters. The maximum atomic E-state index is 12.9. The van der Waals surface area contributed by atoms with E-state index >= 15 is 0 Å². The number of amides is 1. The van der Waals surface area contributed by atoms with E-state index in [2.05, 4.69) is 6.07 Å². The molecule has 25 heavy (non-hydrogen) atoms. The molecule has 0 spiro atoms. The van der Waals surface area contributed by atoms with Crippen molar-refractivity contribution < 1.29 is 18.0 Å². The van der Waals surface area contributed by atoms with E-state index in [-0.39, 0.29) is 23.8 Å². The van der Waals surface area contributed by atoms with Crippen molar-refractivity contribution in [1.29, 1.82) is 0 Å². The topological polar surface area (TPSA) is 20.3 Å². The predicted octanol–water partition coefficient (Wildman–Crippen LogP) is 5.23. The molecule has 6 heteroatoms. The van der Waals surface area contributed by atoms with E-state index < -0.39 is 11.7 Å². The summed E-state index contributed by atoms with van der Waals surface area (Å²) in [6.45, 7) is 0.775. The Labute approximate surface area is 148 Å². The molecule has 0 bridgehead atoms. The molecule has 2 heterocycles. The van der Waals surface area contributed by atoms with Crippen molar-refractivity contribution in [3.8, 4) is 0 Å². The number of likely N-dealkylation sites (tertiary alicyclic amines) is 1. The second-order valence-electron chi connectivity index (χ2n) is 6.77. The van der Waals surface area contributed by atoms with Crippen LogP contribution in [0.15, 0.2) is 41.8 Å². The molecule has 0 N–H and O–H groups in total. The molecule has 2 fully saturated rings. The Morgan fingerprint density at radius 1 is 1.16 bits per heavy atom. The fourth-order valence-corrected chi connectivity index (χ4v) is 4.65. The van der Waals surface area contributed by atoms with Gasteiger partial charge in [-0.25, -0.2) is 0 Å². The number of nitrogens with zero attached hydrogens (tertiary/aromatic N) is 1. The number of carbonyl (C=O) groups is 1. The van der Waals surface area contributed by atoms with Crippen LogP contribution < -0.4 is 0 Å². The minimum Gasteiger partial charge on any atom is -0.335 e. The molecule has 2 aliphatic rings. The highest BCUT2D eigenvalue weighted by Gasteiger charge is 2.48. The average Bonchev–Trinajstić information content (AvgIpc) is 2.98. The number of halogens is 3. The molecule has 1 saturated carbocycles. The summed E-state index contributed by atoms with van der Waals surface area (Å²) in [6.07, 6.45) is -1.59. The van der Waals surface area contributed by atoms with Crippen LogP contribution in [0.3, 0.4) is 0 Å². The third-order valence-corrected chi connectivity index (χ3v) is 6.15.